The maximum absolute atomic E-state index is 6.03. The van der Waals surface area contributed by atoms with E-state index < -0.39 is 0 Å². The zero-order chi connectivity index (χ0) is 26.8. The van der Waals surface area contributed by atoms with Crippen LogP contribution in [0.5, 0.6) is 11.5 Å². The van der Waals surface area contributed by atoms with Crippen LogP contribution in [0.4, 0.5) is 11.4 Å². The van der Waals surface area contributed by atoms with Crippen LogP contribution in [0.1, 0.15) is 23.5 Å². The first-order valence-electron chi connectivity index (χ1n) is 12.9. The standard InChI is InChI=1S/C32H29N5OS/c1-35(2)23-13-15-24(16-14-23)36-22-8-12-29(36)31-30(28-11-6-7-21-33-28)34-32(39)37(31)25-17-19-27(20-18-25)38-26-9-4-3-5-10-26/h3-22,30-31H,1-2H3,(H,34,39)/t30-,31+/m1/s1. The number of para-hydroxylation sites is 1. The highest BCUT2D eigenvalue weighted by atomic mass is 32.1. The second kappa shape index (κ2) is 10.6. The molecule has 6 nitrogen and oxygen atoms in total. The lowest BCUT2D eigenvalue weighted by Crippen LogP contribution is -2.30. The highest BCUT2D eigenvalue weighted by Crippen LogP contribution is 2.42. The second-order valence-corrected chi connectivity index (χ2v) is 10.0. The quantitative estimate of drug-likeness (QED) is 0.230. The number of hydrogen-bond acceptors (Lipinski definition) is 4. The van der Waals surface area contributed by atoms with Crippen LogP contribution >= 0.6 is 12.2 Å². The Morgan fingerprint density at radius 2 is 1.46 bits per heavy atom. The van der Waals surface area contributed by atoms with Crippen LogP contribution in [-0.4, -0.2) is 28.8 Å². The van der Waals surface area contributed by atoms with Crippen molar-refractivity contribution in [1.82, 2.24) is 14.9 Å². The van der Waals surface area contributed by atoms with E-state index in [1.165, 1.54) is 0 Å². The van der Waals surface area contributed by atoms with Crippen molar-refractivity contribution in [3.8, 4) is 17.2 Å². The Kier molecular flexibility index (Phi) is 6.73. The smallest absolute Gasteiger partial charge is 0.174 e. The molecule has 0 radical (unpaired) electrons. The topological polar surface area (TPSA) is 45.6 Å². The summed E-state index contributed by atoms with van der Waals surface area (Å²) in [5.41, 5.74) is 5.27. The Morgan fingerprint density at radius 3 is 2.15 bits per heavy atom. The zero-order valence-electron chi connectivity index (χ0n) is 21.8. The second-order valence-electron chi connectivity index (χ2n) is 9.62. The van der Waals surface area contributed by atoms with Gasteiger partial charge in [-0.3, -0.25) is 4.98 Å². The Labute approximate surface area is 234 Å². The predicted octanol–water partition coefficient (Wildman–Crippen LogP) is 6.91. The van der Waals surface area contributed by atoms with Crippen LogP contribution in [0.15, 0.2) is 122 Å². The van der Waals surface area contributed by atoms with Gasteiger partial charge >= 0.3 is 0 Å². The molecule has 194 valence electrons. The molecule has 0 saturated carbocycles. The van der Waals surface area contributed by atoms with E-state index in [-0.39, 0.29) is 12.1 Å². The summed E-state index contributed by atoms with van der Waals surface area (Å²) >= 11 is 5.94. The molecular formula is C32H29N5OS. The fourth-order valence-corrected chi connectivity index (χ4v) is 5.36. The summed E-state index contributed by atoms with van der Waals surface area (Å²) in [6, 6.07) is 36.4. The van der Waals surface area contributed by atoms with Crippen molar-refractivity contribution in [1.29, 1.82) is 0 Å². The number of ether oxygens (including phenoxy) is 1. The molecule has 1 saturated heterocycles. The van der Waals surface area contributed by atoms with E-state index >= 15 is 0 Å². The predicted molar refractivity (Wildman–Crippen MR) is 161 cm³/mol. The summed E-state index contributed by atoms with van der Waals surface area (Å²) < 4.78 is 8.26. The van der Waals surface area contributed by atoms with Crippen molar-refractivity contribution in [2.75, 3.05) is 23.9 Å². The molecule has 3 heterocycles. The van der Waals surface area contributed by atoms with Crippen molar-refractivity contribution in [3.05, 3.63) is 133 Å². The number of thiocarbonyl (C=S) groups is 1. The van der Waals surface area contributed by atoms with Gasteiger partial charge in [0.15, 0.2) is 5.11 Å². The van der Waals surface area contributed by atoms with Crippen LogP contribution in [0.2, 0.25) is 0 Å². The average Bonchev–Trinajstić information content (AvgIpc) is 3.59. The number of nitrogens with one attached hydrogen (secondary N) is 1. The van der Waals surface area contributed by atoms with Gasteiger partial charge in [-0.05, 0) is 97.1 Å². The van der Waals surface area contributed by atoms with Gasteiger partial charge < -0.3 is 24.4 Å². The molecule has 2 aromatic heterocycles. The Hall–Kier alpha value is -4.62. The van der Waals surface area contributed by atoms with Gasteiger partial charge in [-0.2, -0.15) is 0 Å². The van der Waals surface area contributed by atoms with E-state index in [1.54, 1.807) is 0 Å². The molecule has 3 aromatic carbocycles. The zero-order valence-corrected chi connectivity index (χ0v) is 22.6. The van der Waals surface area contributed by atoms with E-state index in [0.29, 0.717) is 5.11 Å². The fraction of sp³-hybridized carbons (Fsp3) is 0.125. The molecule has 1 N–H and O–H groups in total. The summed E-state index contributed by atoms with van der Waals surface area (Å²) in [6.45, 7) is 0. The highest BCUT2D eigenvalue weighted by molar-refractivity contribution is 7.80. The third-order valence-electron chi connectivity index (χ3n) is 6.92. The van der Waals surface area contributed by atoms with Gasteiger partial charge in [-0.1, -0.05) is 24.3 Å². The van der Waals surface area contributed by atoms with Gasteiger partial charge in [0.25, 0.3) is 0 Å². The van der Waals surface area contributed by atoms with E-state index in [9.17, 15) is 0 Å². The first kappa shape index (κ1) is 24.7. The number of aromatic nitrogens is 2. The number of hydrogen-bond donors (Lipinski definition) is 1. The Balaban J connectivity index is 1.39. The van der Waals surface area contributed by atoms with E-state index in [4.69, 9.17) is 21.9 Å². The van der Waals surface area contributed by atoms with Crippen molar-refractivity contribution in [2.24, 2.45) is 0 Å². The number of benzene rings is 3. The largest absolute Gasteiger partial charge is 0.457 e. The normalized spacial score (nSPS) is 16.7. The highest BCUT2D eigenvalue weighted by Gasteiger charge is 2.42. The molecule has 0 bridgehead atoms. The fourth-order valence-electron chi connectivity index (χ4n) is 5.01. The molecule has 7 heteroatoms. The molecule has 0 amide bonds. The molecule has 2 atom stereocenters. The van der Waals surface area contributed by atoms with Crippen LogP contribution < -0.4 is 19.9 Å². The molecule has 1 aliphatic heterocycles. The minimum Gasteiger partial charge on any atom is -0.457 e. The monoisotopic (exact) mass is 531 g/mol. The summed E-state index contributed by atoms with van der Waals surface area (Å²) in [7, 11) is 4.10. The average molecular weight is 532 g/mol. The third-order valence-corrected chi connectivity index (χ3v) is 7.23. The lowest BCUT2D eigenvalue weighted by Gasteiger charge is -2.29. The maximum atomic E-state index is 6.03. The van der Waals surface area contributed by atoms with E-state index in [0.717, 1.165) is 39.9 Å². The third kappa shape index (κ3) is 4.96. The van der Waals surface area contributed by atoms with Crippen molar-refractivity contribution in [3.63, 3.8) is 0 Å². The number of nitrogens with zero attached hydrogens (tertiary/aromatic N) is 4. The number of anilines is 2. The molecule has 5 aromatic rings. The summed E-state index contributed by atoms with van der Waals surface area (Å²) in [5.74, 6) is 1.57. The maximum Gasteiger partial charge on any atom is 0.174 e. The van der Waals surface area contributed by atoms with Crippen molar-refractivity contribution >= 4 is 28.7 Å². The number of rotatable bonds is 7. The Bertz CT molecular complexity index is 1550. The first-order valence-corrected chi connectivity index (χ1v) is 13.3. The first-order chi connectivity index (χ1) is 19.1. The SMILES string of the molecule is CN(C)c1ccc(-n2cccc2[C@H]2[C@@H](c3ccccn3)NC(=S)N2c2ccc(Oc3ccccc3)cc2)cc1. The molecule has 1 aliphatic rings. The van der Waals surface area contributed by atoms with Gasteiger partial charge in [0.2, 0.25) is 0 Å². The van der Waals surface area contributed by atoms with Gasteiger partial charge in [-0.15, -0.1) is 0 Å². The van der Waals surface area contributed by atoms with E-state index in [1.807, 2.05) is 81.0 Å². The lowest BCUT2D eigenvalue weighted by atomic mass is 10.0. The summed E-state index contributed by atoms with van der Waals surface area (Å²) in [4.78, 5) is 8.98. The van der Waals surface area contributed by atoms with Crippen molar-refractivity contribution in [2.45, 2.75) is 12.1 Å². The molecule has 1 fully saturated rings. The van der Waals surface area contributed by atoms with Gasteiger partial charge in [0.1, 0.15) is 17.5 Å². The minimum atomic E-state index is -0.131. The van der Waals surface area contributed by atoms with Gasteiger partial charge in [0, 0.05) is 49.2 Å². The van der Waals surface area contributed by atoms with Crippen molar-refractivity contribution < 1.29 is 4.74 Å². The van der Waals surface area contributed by atoms with Crippen LogP contribution in [-0.2, 0) is 0 Å². The molecule has 39 heavy (non-hydrogen) atoms. The Morgan fingerprint density at radius 1 is 0.769 bits per heavy atom. The van der Waals surface area contributed by atoms with Crippen LogP contribution in [0, 0.1) is 0 Å². The van der Waals surface area contributed by atoms with Gasteiger partial charge in [-0.25, -0.2) is 0 Å². The molecule has 6 rings (SSSR count). The van der Waals surface area contributed by atoms with Gasteiger partial charge in [0.05, 0.1) is 11.7 Å². The lowest BCUT2D eigenvalue weighted by molar-refractivity contribution is 0.482. The molecule has 0 unspecified atom stereocenters. The summed E-state index contributed by atoms with van der Waals surface area (Å²) in [5, 5.41) is 4.21. The number of pyridine rings is 1. The van der Waals surface area contributed by atoms with Crippen LogP contribution in [0.3, 0.4) is 0 Å². The van der Waals surface area contributed by atoms with Crippen LogP contribution in [0.25, 0.3) is 5.69 Å². The molecular weight excluding hydrogens is 502 g/mol. The summed E-state index contributed by atoms with van der Waals surface area (Å²) in [6.07, 6.45) is 3.93. The molecule has 0 spiro atoms. The van der Waals surface area contributed by atoms with E-state index in [2.05, 4.69) is 74.4 Å². The minimum absolute atomic E-state index is 0.128. The molecule has 0 aliphatic carbocycles.